The van der Waals surface area contributed by atoms with E-state index < -0.39 is 11.6 Å². The minimum Gasteiger partial charge on any atom is -0.497 e. The van der Waals surface area contributed by atoms with Crippen LogP contribution in [0, 0.1) is 0 Å². The third-order valence-electron chi connectivity index (χ3n) is 4.45. The molecule has 0 aliphatic carbocycles. The van der Waals surface area contributed by atoms with E-state index in [0.717, 1.165) is 6.42 Å². The van der Waals surface area contributed by atoms with Gasteiger partial charge in [0.15, 0.2) is 0 Å². The predicted molar refractivity (Wildman–Crippen MR) is 95.9 cm³/mol. The first-order valence-corrected chi connectivity index (χ1v) is 8.46. The van der Waals surface area contributed by atoms with Crippen LogP contribution in [0.15, 0.2) is 18.2 Å². The Hall–Kier alpha value is -2.28. The van der Waals surface area contributed by atoms with Crippen LogP contribution in [0.5, 0.6) is 11.5 Å². The van der Waals surface area contributed by atoms with Gasteiger partial charge in [-0.1, -0.05) is 13.3 Å². The SMILES string of the molecule is CCCC(C)(N)C(=O)NC1CCN(c2cc(OC)cc(OC)c2)C1=O. The van der Waals surface area contributed by atoms with Gasteiger partial charge in [-0.3, -0.25) is 9.59 Å². The van der Waals surface area contributed by atoms with E-state index in [4.69, 9.17) is 15.2 Å². The Bertz CT molecular complexity index is 623. The lowest BCUT2D eigenvalue weighted by molar-refractivity contribution is -0.130. The molecule has 0 saturated carbocycles. The average Bonchev–Trinajstić information content (AvgIpc) is 2.95. The maximum absolute atomic E-state index is 12.7. The summed E-state index contributed by atoms with van der Waals surface area (Å²) in [7, 11) is 3.12. The first kappa shape index (κ1) is 19.1. The van der Waals surface area contributed by atoms with Crippen molar-refractivity contribution in [3.63, 3.8) is 0 Å². The number of ether oxygens (including phenoxy) is 2. The minimum absolute atomic E-state index is 0.157. The highest BCUT2D eigenvalue weighted by Gasteiger charge is 2.37. The molecule has 25 heavy (non-hydrogen) atoms. The van der Waals surface area contributed by atoms with Gasteiger partial charge in [-0.05, 0) is 19.8 Å². The number of carbonyl (C=O) groups excluding carboxylic acids is 2. The lowest BCUT2D eigenvalue weighted by Crippen LogP contribution is -2.55. The molecule has 2 atom stereocenters. The lowest BCUT2D eigenvalue weighted by Gasteiger charge is -2.25. The average molecular weight is 349 g/mol. The van der Waals surface area contributed by atoms with Crippen LogP contribution in [-0.4, -0.2) is 44.2 Å². The summed E-state index contributed by atoms with van der Waals surface area (Å²) in [4.78, 5) is 26.7. The summed E-state index contributed by atoms with van der Waals surface area (Å²) in [6.07, 6.45) is 1.90. The summed E-state index contributed by atoms with van der Waals surface area (Å²) in [5.41, 5.74) is 5.76. The van der Waals surface area contributed by atoms with E-state index in [0.29, 0.717) is 36.6 Å². The second-order valence-electron chi connectivity index (χ2n) is 6.54. The van der Waals surface area contributed by atoms with Crippen LogP contribution < -0.4 is 25.4 Å². The van der Waals surface area contributed by atoms with Crippen LogP contribution >= 0.6 is 0 Å². The fourth-order valence-electron chi connectivity index (χ4n) is 2.97. The van der Waals surface area contributed by atoms with E-state index in [1.54, 1.807) is 44.2 Å². The largest absolute Gasteiger partial charge is 0.497 e. The van der Waals surface area contributed by atoms with Gasteiger partial charge in [-0.2, -0.15) is 0 Å². The summed E-state index contributed by atoms with van der Waals surface area (Å²) in [6, 6.07) is 4.72. The van der Waals surface area contributed by atoms with Gasteiger partial charge in [0.05, 0.1) is 25.4 Å². The smallest absolute Gasteiger partial charge is 0.249 e. The predicted octanol–water partition coefficient (Wildman–Crippen LogP) is 1.44. The third kappa shape index (κ3) is 4.22. The molecule has 0 spiro atoms. The van der Waals surface area contributed by atoms with Crippen molar-refractivity contribution in [3.8, 4) is 11.5 Å². The molecule has 1 saturated heterocycles. The van der Waals surface area contributed by atoms with Gasteiger partial charge in [0, 0.05) is 24.7 Å². The number of benzene rings is 1. The molecule has 2 unspecified atom stereocenters. The molecule has 7 nitrogen and oxygen atoms in total. The molecule has 7 heteroatoms. The summed E-state index contributed by atoms with van der Waals surface area (Å²) in [6.45, 7) is 4.17. The molecule has 1 heterocycles. The zero-order valence-electron chi connectivity index (χ0n) is 15.3. The number of hydrogen-bond acceptors (Lipinski definition) is 5. The summed E-state index contributed by atoms with van der Waals surface area (Å²) in [5, 5.41) is 2.79. The number of methoxy groups -OCH3 is 2. The molecule has 2 rings (SSSR count). The highest BCUT2D eigenvalue weighted by molar-refractivity contribution is 6.02. The van der Waals surface area contributed by atoms with Crippen molar-refractivity contribution in [2.45, 2.75) is 44.7 Å². The zero-order valence-corrected chi connectivity index (χ0v) is 15.3. The van der Waals surface area contributed by atoms with Crippen molar-refractivity contribution in [3.05, 3.63) is 18.2 Å². The molecular formula is C18H27N3O4. The number of nitrogens with two attached hydrogens (primary N) is 1. The maximum Gasteiger partial charge on any atom is 0.249 e. The van der Waals surface area contributed by atoms with Crippen LogP contribution in [0.1, 0.15) is 33.1 Å². The van der Waals surface area contributed by atoms with Gasteiger partial charge in [-0.15, -0.1) is 0 Å². The third-order valence-corrected chi connectivity index (χ3v) is 4.45. The van der Waals surface area contributed by atoms with Crippen LogP contribution in [0.25, 0.3) is 0 Å². The molecule has 1 aliphatic heterocycles. The van der Waals surface area contributed by atoms with E-state index in [1.807, 2.05) is 6.92 Å². The number of rotatable bonds is 7. The molecule has 138 valence electrons. The summed E-state index contributed by atoms with van der Waals surface area (Å²) < 4.78 is 10.5. The van der Waals surface area contributed by atoms with Crippen LogP contribution in [-0.2, 0) is 9.59 Å². The van der Waals surface area contributed by atoms with Gasteiger partial charge >= 0.3 is 0 Å². The van der Waals surface area contributed by atoms with Crippen molar-refractivity contribution in [1.29, 1.82) is 0 Å². The zero-order chi connectivity index (χ0) is 18.6. The standard InChI is InChI=1S/C18H27N3O4/c1-5-7-18(2,19)17(23)20-15-6-8-21(16(15)22)12-9-13(24-3)11-14(10-12)25-4/h9-11,15H,5-8,19H2,1-4H3,(H,20,23). The Kier molecular flexibility index (Phi) is 5.89. The van der Waals surface area contributed by atoms with E-state index in [2.05, 4.69) is 5.32 Å². The topological polar surface area (TPSA) is 93.9 Å². The number of carbonyl (C=O) groups is 2. The van der Waals surface area contributed by atoms with E-state index >= 15 is 0 Å². The van der Waals surface area contributed by atoms with Gasteiger partial charge < -0.3 is 25.4 Å². The number of anilines is 1. The second-order valence-corrected chi connectivity index (χ2v) is 6.54. The normalized spacial score (nSPS) is 19.5. The highest BCUT2D eigenvalue weighted by Crippen LogP contribution is 2.31. The number of nitrogens with zero attached hydrogens (tertiary/aromatic N) is 1. The lowest BCUT2D eigenvalue weighted by atomic mass is 9.96. The maximum atomic E-state index is 12.7. The Morgan fingerprint density at radius 1 is 1.32 bits per heavy atom. The van der Waals surface area contributed by atoms with E-state index in [-0.39, 0.29) is 11.8 Å². The molecule has 1 aromatic carbocycles. The molecule has 1 aliphatic rings. The Morgan fingerprint density at radius 2 is 1.92 bits per heavy atom. The van der Waals surface area contributed by atoms with Crippen molar-refractivity contribution in [2.24, 2.45) is 5.73 Å². The number of nitrogens with one attached hydrogen (secondary N) is 1. The molecule has 1 fully saturated rings. The van der Waals surface area contributed by atoms with Gasteiger partial charge in [0.1, 0.15) is 17.5 Å². The van der Waals surface area contributed by atoms with Gasteiger partial charge in [-0.25, -0.2) is 0 Å². The second kappa shape index (κ2) is 7.74. The fraction of sp³-hybridized carbons (Fsp3) is 0.556. The Labute approximate surface area is 148 Å². The van der Waals surface area contributed by atoms with Crippen LogP contribution in [0.2, 0.25) is 0 Å². The quantitative estimate of drug-likeness (QED) is 0.777. The number of amides is 2. The fourth-order valence-corrected chi connectivity index (χ4v) is 2.97. The minimum atomic E-state index is -0.971. The van der Waals surface area contributed by atoms with E-state index in [9.17, 15) is 9.59 Å². The van der Waals surface area contributed by atoms with E-state index in [1.165, 1.54) is 0 Å². The first-order valence-electron chi connectivity index (χ1n) is 8.46. The first-order chi connectivity index (χ1) is 11.8. The highest BCUT2D eigenvalue weighted by atomic mass is 16.5. The molecule has 0 aromatic heterocycles. The molecule has 1 aromatic rings. The number of hydrogen-bond donors (Lipinski definition) is 2. The van der Waals surface area contributed by atoms with Crippen molar-refractivity contribution in [2.75, 3.05) is 25.7 Å². The summed E-state index contributed by atoms with van der Waals surface area (Å²) >= 11 is 0. The molecule has 0 bridgehead atoms. The van der Waals surface area contributed by atoms with Crippen LogP contribution in [0.3, 0.4) is 0 Å². The Morgan fingerprint density at radius 3 is 2.44 bits per heavy atom. The molecule has 3 N–H and O–H groups in total. The molecule has 0 radical (unpaired) electrons. The molecular weight excluding hydrogens is 322 g/mol. The van der Waals surface area contributed by atoms with Crippen LogP contribution in [0.4, 0.5) is 5.69 Å². The monoisotopic (exact) mass is 349 g/mol. The van der Waals surface area contributed by atoms with Crippen molar-refractivity contribution >= 4 is 17.5 Å². The summed E-state index contributed by atoms with van der Waals surface area (Å²) in [5.74, 6) is 0.757. The molecule has 2 amide bonds. The van der Waals surface area contributed by atoms with Crippen molar-refractivity contribution in [1.82, 2.24) is 5.32 Å². The van der Waals surface area contributed by atoms with Gasteiger partial charge in [0.25, 0.3) is 0 Å². The van der Waals surface area contributed by atoms with Crippen molar-refractivity contribution < 1.29 is 19.1 Å². The Balaban J connectivity index is 2.13. The van der Waals surface area contributed by atoms with Gasteiger partial charge in [0.2, 0.25) is 11.8 Å².